The lowest BCUT2D eigenvalue weighted by Crippen LogP contribution is -2.39. The van der Waals surface area contributed by atoms with Crippen molar-refractivity contribution in [3.63, 3.8) is 0 Å². The molecular weight excluding hydrogens is 260 g/mol. The molecule has 1 amide bonds. The largest absolute Gasteiger partial charge is 0.341 e. The van der Waals surface area contributed by atoms with Gasteiger partial charge in [-0.3, -0.25) is 4.79 Å². The highest BCUT2D eigenvalue weighted by Gasteiger charge is 2.21. The number of rotatable bonds is 10. The van der Waals surface area contributed by atoms with Gasteiger partial charge in [0.05, 0.1) is 0 Å². The summed E-state index contributed by atoms with van der Waals surface area (Å²) in [6, 6.07) is 9.13. The van der Waals surface area contributed by atoms with Crippen LogP contribution in [0.2, 0.25) is 0 Å². The molecule has 0 saturated heterocycles. The standard InChI is InChI=1S/C18H30N2O/c1-3-5-10-14-20(15-11-6-4-2)18(21)17(19)16-12-8-7-9-13-16/h7-9,12-13,17H,3-6,10-11,14-15,19H2,1-2H3/t17-/m1/s1. The van der Waals surface area contributed by atoms with Gasteiger partial charge in [-0.2, -0.15) is 0 Å². The van der Waals surface area contributed by atoms with Crippen LogP contribution in [0.3, 0.4) is 0 Å². The molecule has 0 radical (unpaired) electrons. The van der Waals surface area contributed by atoms with E-state index in [0.717, 1.165) is 44.3 Å². The first-order valence-electron chi connectivity index (χ1n) is 8.30. The van der Waals surface area contributed by atoms with Crippen molar-refractivity contribution in [1.82, 2.24) is 4.90 Å². The summed E-state index contributed by atoms with van der Waals surface area (Å²) in [5.74, 6) is 0.0633. The molecule has 1 aromatic carbocycles. The first-order chi connectivity index (χ1) is 10.2. The number of nitrogens with zero attached hydrogens (tertiary/aromatic N) is 1. The van der Waals surface area contributed by atoms with E-state index in [1.807, 2.05) is 35.2 Å². The Morgan fingerprint density at radius 3 is 2.00 bits per heavy atom. The van der Waals surface area contributed by atoms with Crippen LogP contribution < -0.4 is 5.73 Å². The van der Waals surface area contributed by atoms with E-state index in [9.17, 15) is 4.79 Å². The summed E-state index contributed by atoms with van der Waals surface area (Å²) in [4.78, 5) is 14.6. The summed E-state index contributed by atoms with van der Waals surface area (Å²) >= 11 is 0. The molecule has 0 heterocycles. The first-order valence-corrected chi connectivity index (χ1v) is 8.30. The topological polar surface area (TPSA) is 46.3 Å². The molecule has 0 aliphatic carbocycles. The molecule has 0 saturated carbocycles. The van der Waals surface area contributed by atoms with Crippen LogP contribution in [0.4, 0.5) is 0 Å². The molecule has 1 atom stereocenters. The molecule has 0 fully saturated rings. The average Bonchev–Trinajstić information content (AvgIpc) is 2.53. The van der Waals surface area contributed by atoms with Gasteiger partial charge in [0.2, 0.25) is 5.91 Å². The number of hydrogen-bond acceptors (Lipinski definition) is 2. The SMILES string of the molecule is CCCCCN(CCCCC)C(=O)[C@H](N)c1ccccc1. The second kappa shape index (κ2) is 10.4. The molecule has 1 rings (SSSR count). The van der Waals surface area contributed by atoms with E-state index in [2.05, 4.69) is 13.8 Å². The number of carbonyl (C=O) groups is 1. The molecule has 1 aromatic rings. The van der Waals surface area contributed by atoms with Crippen molar-refractivity contribution >= 4 is 5.91 Å². The van der Waals surface area contributed by atoms with Crippen LogP contribution in [0.5, 0.6) is 0 Å². The Balaban J connectivity index is 2.63. The Bertz CT molecular complexity index is 381. The maximum atomic E-state index is 12.6. The third-order valence-electron chi connectivity index (χ3n) is 3.80. The van der Waals surface area contributed by atoms with E-state index < -0.39 is 6.04 Å². The Morgan fingerprint density at radius 2 is 1.52 bits per heavy atom. The van der Waals surface area contributed by atoms with E-state index in [1.54, 1.807) is 0 Å². The molecule has 0 aromatic heterocycles. The quantitative estimate of drug-likeness (QED) is 0.664. The summed E-state index contributed by atoms with van der Waals surface area (Å²) in [6.07, 6.45) is 6.80. The van der Waals surface area contributed by atoms with Gasteiger partial charge in [-0.05, 0) is 18.4 Å². The molecule has 3 nitrogen and oxygen atoms in total. The monoisotopic (exact) mass is 290 g/mol. The van der Waals surface area contributed by atoms with Gasteiger partial charge in [-0.25, -0.2) is 0 Å². The van der Waals surface area contributed by atoms with Crippen molar-refractivity contribution in [3.8, 4) is 0 Å². The van der Waals surface area contributed by atoms with Crippen LogP contribution in [0.25, 0.3) is 0 Å². The molecule has 0 aliphatic rings. The van der Waals surface area contributed by atoms with Gasteiger partial charge >= 0.3 is 0 Å². The highest BCUT2D eigenvalue weighted by Crippen LogP contribution is 2.14. The van der Waals surface area contributed by atoms with Crippen molar-refractivity contribution < 1.29 is 4.79 Å². The smallest absolute Gasteiger partial charge is 0.244 e. The zero-order chi connectivity index (χ0) is 15.5. The lowest BCUT2D eigenvalue weighted by Gasteiger charge is -2.26. The van der Waals surface area contributed by atoms with Gasteiger partial charge in [-0.15, -0.1) is 0 Å². The predicted molar refractivity (Wildman–Crippen MR) is 89.0 cm³/mol. The van der Waals surface area contributed by atoms with Gasteiger partial charge in [0.1, 0.15) is 6.04 Å². The van der Waals surface area contributed by atoms with Crippen LogP contribution in [-0.4, -0.2) is 23.9 Å². The summed E-state index contributed by atoms with van der Waals surface area (Å²) in [5, 5.41) is 0. The minimum atomic E-state index is -0.533. The second-order valence-electron chi connectivity index (χ2n) is 5.63. The first kappa shape index (κ1) is 17.7. The van der Waals surface area contributed by atoms with Gasteiger partial charge in [0, 0.05) is 13.1 Å². The number of benzene rings is 1. The molecule has 0 aliphatic heterocycles. The van der Waals surface area contributed by atoms with Gasteiger partial charge < -0.3 is 10.6 Å². The van der Waals surface area contributed by atoms with E-state index in [1.165, 1.54) is 12.8 Å². The molecule has 0 unspecified atom stereocenters. The second-order valence-corrected chi connectivity index (χ2v) is 5.63. The Hall–Kier alpha value is -1.35. The summed E-state index contributed by atoms with van der Waals surface area (Å²) < 4.78 is 0. The molecule has 0 spiro atoms. The van der Waals surface area contributed by atoms with E-state index in [0.29, 0.717) is 0 Å². The summed E-state index contributed by atoms with van der Waals surface area (Å²) in [7, 11) is 0. The maximum Gasteiger partial charge on any atom is 0.244 e. The van der Waals surface area contributed by atoms with Crippen LogP contribution >= 0.6 is 0 Å². The van der Waals surface area contributed by atoms with Crippen LogP contribution in [0.1, 0.15) is 64.0 Å². The fourth-order valence-electron chi connectivity index (χ4n) is 2.44. The van der Waals surface area contributed by atoms with Crippen molar-refractivity contribution in [2.24, 2.45) is 5.73 Å². The van der Waals surface area contributed by atoms with Gasteiger partial charge in [-0.1, -0.05) is 69.9 Å². The third kappa shape index (κ3) is 6.30. The Labute approximate surface area is 129 Å². The van der Waals surface area contributed by atoms with Crippen molar-refractivity contribution in [2.45, 2.75) is 58.4 Å². The Morgan fingerprint density at radius 1 is 1.00 bits per heavy atom. The fraction of sp³-hybridized carbons (Fsp3) is 0.611. The Kier molecular flexibility index (Phi) is 8.76. The van der Waals surface area contributed by atoms with E-state index in [-0.39, 0.29) is 5.91 Å². The zero-order valence-electron chi connectivity index (χ0n) is 13.6. The van der Waals surface area contributed by atoms with E-state index in [4.69, 9.17) is 5.73 Å². The predicted octanol–water partition coefficient (Wildman–Crippen LogP) is 3.90. The third-order valence-corrected chi connectivity index (χ3v) is 3.80. The van der Waals surface area contributed by atoms with E-state index >= 15 is 0 Å². The van der Waals surface area contributed by atoms with Crippen LogP contribution in [-0.2, 0) is 4.79 Å². The van der Waals surface area contributed by atoms with Crippen LogP contribution in [0, 0.1) is 0 Å². The molecule has 2 N–H and O–H groups in total. The number of carbonyl (C=O) groups excluding carboxylic acids is 1. The van der Waals surface area contributed by atoms with Crippen molar-refractivity contribution in [3.05, 3.63) is 35.9 Å². The fourth-order valence-corrected chi connectivity index (χ4v) is 2.44. The number of amides is 1. The van der Waals surface area contributed by atoms with Gasteiger partial charge in [0.15, 0.2) is 0 Å². The highest BCUT2D eigenvalue weighted by molar-refractivity contribution is 5.83. The lowest BCUT2D eigenvalue weighted by atomic mass is 10.1. The number of unbranched alkanes of at least 4 members (excludes halogenated alkanes) is 4. The summed E-state index contributed by atoms with van der Waals surface area (Å²) in [6.45, 7) is 6.02. The zero-order valence-corrected chi connectivity index (χ0v) is 13.6. The molecule has 118 valence electrons. The average molecular weight is 290 g/mol. The molecule has 0 bridgehead atoms. The maximum absolute atomic E-state index is 12.6. The highest BCUT2D eigenvalue weighted by atomic mass is 16.2. The normalized spacial score (nSPS) is 12.1. The lowest BCUT2D eigenvalue weighted by molar-refractivity contribution is -0.133. The van der Waals surface area contributed by atoms with Crippen molar-refractivity contribution in [1.29, 1.82) is 0 Å². The minimum absolute atomic E-state index is 0.0633. The minimum Gasteiger partial charge on any atom is -0.341 e. The number of nitrogens with two attached hydrogens (primary N) is 1. The molecule has 21 heavy (non-hydrogen) atoms. The number of hydrogen-bond donors (Lipinski definition) is 1. The van der Waals surface area contributed by atoms with Crippen LogP contribution in [0.15, 0.2) is 30.3 Å². The van der Waals surface area contributed by atoms with Gasteiger partial charge in [0.25, 0.3) is 0 Å². The van der Waals surface area contributed by atoms with Crippen molar-refractivity contribution in [2.75, 3.05) is 13.1 Å². The molecular formula is C18H30N2O. The molecule has 3 heteroatoms. The summed E-state index contributed by atoms with van der Waals surface area (Å²) in [5.41, 5.74) is 7.06.